The fourth-order valence-corrected chi connectivity index (χ4v) is 1.45. The summed E-state index contributed by atoms with van der Waals surface area (Å²) in [5.41, 5.74) is -0.302. The minimum Gasteiger partial charge on any atom is -0.507 e. The fraction of sp³-hybridized carbons (Fsp3) is 0.333. The van der Waals surface area contributed by atoms with E-state index in [2.05, 4.69) is 10.6 Å². The van der Waals surface area contributed by atoms with Crippen LogP contribution in [0.25, 0.3) is 0 Å². The van der Waals surface area contributed by atoms with Gasteiger partial charge in [0.2, 0.25) is 0 Å². The standard InChI is InChI=1S/C12H13F3N2O4/c13-12(14,15)4-1-5-16-11(21)17-7-2-3-9(18)8(6-7)10(19)20/h2-3,6,18H,1,4-5H2,(H,19,20)(H2,16,17,21). The van der Waals surface area contributed by atoms with E-state index in [1.807, 2.05) is 0 Å². The van der Waals surface area contributed by atoms with Crippen LogP contribution < -0.4 is 10.6 Å². The Labute approximate surface area is 117 Å². The second kappa shape index (κ2) is 6.82. The number of carbonyl (C=O) groups is 2. The van der Waals surface area contributed by atoms with E-state index in [0.717, 1.165) is 12.1 Å². The van der Waals surface area contributed by atoms with Gasteiger partial charge in [0.1, 0.15) is 11.3 Å². The number of halogens is 3. The number of anilines is 1. The zero-order chi connectivity index (χ0) is 16.0. The molecule has 1 aromatic carbocycles. The van der Waals surface area contributed by atoms with Gasteiger partial charge in [0.25, 0.3) is 0 Å². The monoisotopic (exact) mass is 306 g/mol. The lowest BCUT2D eigenvalue weighted by molar-refractivity contribution is -0.135. The van der Waals surface area contributed by atoms with Gasteiger partial charge in [-0.1, -0.05) is 0 Å². The van der Waals surface area contributed by atoms with Crippen molar-refractivity contribution in [2.75, 3.05) is 11.9 Å². The molecule has 4 N–H and O–H groups in total. The second-order valence-corrected chi connectivity index (χ2v) is 4.14. The van der Waals surface area contributed by atoms with Crippen molar-refractivity contribution in [2.24, 2.45) is 0 Å². The van der Waals surface area contributed by atoms with Crippen LogP contribution in [0.1, 0.15) is 23.2 Å². The summed E-state index contributed by atoms with van der Waals surface area (Å²) in [5.74, 6) is -1.83. The largest absolute Gasteiger partial charge is 0.507 e. The molecule has 1 aromatic rings. The number of alkyl halides is 3. The van der Waals surface area contributed by atoms with E-state index in [1.54, 1.807) is 0 Å². The van der Waals surface area contributed by atoms with E-state index in [9.17, 15) is 27.9 Å². The predicted molar refractivity (Wildman–Crippen MR) is 67.4 cm³/mol. The molecule has 0 heterocycles. The van der Waals surface area contributed by atoms with Crippen LogP contribution in [0.5, 0.6) is 5.75 Å². The first-order valence-electron chi connectivity index (χ1n) is 5.87. The van der Waals surface area contributed by atoms with Crippen molar-refractivity contribution >= 4 is 17.7 Å². The van der Waals surface area contributed by atoms with Crippen LogP contribution in [-0.2, 0) is 0 Å². The summed E-state index contributed by atoms with van der Waals surface area (Å²) in [6.45, 7) is -0.171. The Morgan fingerprint density at radius 3 is 2.48 bits per heavy atom. The zero-order valence-electron chi connectivity index (χ0n) is 10.7. The highest BCUT2D eigenvalue weighted by Crippen LogP contribution is 2.22. The van der Waals surface area contributed by atoms with Gasteiger partial charge in [0.05, 0.1) is 0 Å². The normalized spacial score (nSPS) is 11.0. The van der Waals surface area contributed by atoms with Crippen LogP contribution >= 0.6 is 0 Å². The van der Waals surface area contributed by atoms with Crippen molar-refractivity contribution in [3.05, 3.63) is 23.8 Å². The van der Waals surface area contributed by atoms with E-state index in [4.69, 9.17) is 5.11 Å². The van der Waals surface area contributed by atoms with E-state index in [0.29, 0.717) is 0 Å². The average molecular weight is 306 g/mol. The third-order valence-electron chi connectivity index (χ3n) is 2.41. The molecule has 9 heteroatoms. The molecule has 1 rings (SSSR count). The third kappa shape index (κ3) is 6.02. The lowest BCUT2D eigenvalue weighted by atomic mass is 10.2. The second-order valence-electron chi connectivity index (χ2n) is 4.14. The number of urea groups is 1. The first-order valence-corrected chi connectivity index (χ1v) is 5.87. The zero-order valence-corrected chi connectivity index (χ0v) is 10.7. The Morgan fingerprint density at radius 2 is 1.90 bits per heavy atom. The molecule has 0 saturated carbocycles. The highest BCUT2D eigenvalue weighted by Gasteiger charge is 2.25. The van der Waals surface area contributed by atoms with Gasteiger partial charge in [-0.15, -0.1) is 0 Å². The fourth-order valence-electron chi connectivity index (χ4n) is 1.45. The molecular weight excluding hydrogens is 293 g/mol. The van der Waals surface area contributed by atoms with E-state index in [1.165, 1.54) is 6.07 Å². The molecule has 2 amide bonds. The molecular formula is C12H13F3N2O4. The average Bonchev–Trinajstić information content (AvgIpc) is 2.35. The number of benzene rings is 1. The number of hydrogen-bond donors (Lipinski definition) is 4. The SMILES string of the molecule is O=C(NCCCC(F)(F)F)Nc1ccc(O)c(C(=O)O)c1. The molecule has 0 aromatic heterocycles. The summed E-state index contributed by atoms with van der Waals surface area (Å²) in [7, 11) is 0. The number of carboxylic acids is 1. The molecule has 0 aliphatic heterocycles. The molecule has 116 valence electrons. The Morgan fingerprint density at radius 1 is 1.24 bits per heavy atom. The van der Waals surface area contributed by atoms with Gasteiger partial charge in [-0.2, -0.15) is 13.2 Å². The minimum atomic E-state index is -4.27. The number of phenols is 1. The number of carbonyl (C=O) groups excluding carboxylic acids is 1. The summed E-state index contributed by atoms with van der Waals surface area (Å²) < 4.78 is 35.6. The number of carboxylic acid groups (broad SMARTS) is 1. The van der Waals surface area contributed by atoms with Crippen molar-refractivity contribution < 1.29 is 33.0 Å². The van der Waals surface area contributed by atoms with Gasteiger partial charge in [-0.25, -0.2) is 9.59 Å². The highest BCUT2D eigenvalue weighted by atomic mass is 19.4. The Kier molecular flexibility index (Phi) is 5.39. The summed E-state index contributed by atoms with van der Waals surface area (Å²) >= 11 is 0. The lowest BCUT2D eigenvalue weighted by Crippen LogP contribution is -2.30. The Bertz CT molecular complexity index is 532. The molecule has 0 spiro atoms. The molecule has 0 atom stereocenters. The topological polar surface area (TPSA) is 98.7 Å². The van der Waals surface area contributed by atoms with Gasteiger partial charge in [0.15, 0.2) is 0 Å². The van der Waals surface area contributed by atoms with Crippen molar-refractivity contribution in [2.45, 2.75) is 19.0 Å². The first-order chi connectivity index (χ1) is 9.69. The number of amides is 2. The molecule has 0 saturated heterocycles. The van der Waals surface area contributed by atoms with Crippen molar-refractivity contribution in [1.29, 1.82) is 0 Å². The number of aromatic carboxylic acids is 1. The van der Waals surface area contributed by atoms with Crippen LogP contribution in [0.2, 0.25) is 0 Å². The van der Waals surface area contributed by atoms with Crippen LogP contribution in [0.3, 0.4) is 0 Å². The molecule has 0 aliphatic rings. The first kappa shape index (κ1) is 16.6. The number of aromatic hydroxyl groups is 1. The van der Waals surface area contributed by atoms with Crippen LogP contribution in [0, 0.1) is 0 Å². The van der Waals surface area contributed by atoms with E-state index < -0.39 is 35.9 Å². The van der Waals surface area contributed by atoms with Gasteiger partial charge in [-0.3, -0.25) is 0 Å². The third-order valence-corrected chi connectivity index (χ3v) is 2.41. The van der Waals surface area contributed by atoms with E-state index in [-0.39, 0.29) is 18.7 Å². The minimum absolute atomic E-state index is 0.0959. The van der Waals surface area contributed by atoms with Crippen molar-refractivity contribution in [3.8, 4) is 5.75 Å². The van der Waals surface area contributed by atoms with Crippen LogP contribution in [0.15, 0.2) is 18.2 Å². The van der Waals surface area contributed by atoms with Crippen molar-refractivity contribution in [1.82, 2.24) is 5.32 Å². The van der Waals surface area contributed by atoms with Gasteiger partial charge in [0, 0.05) is 18.7 Å². The molecule has 0 unspecified atom stereocenters. The predicted octanol–water partition coefficient (Wildman–Crippen LogP) is 2.55. The Balaban J connectivity index is 2.48. The smallest absolute Gasteiger partial charge is 0.389 e. The van der Waals surface area contributed by atoms with Crippen LogP contribution in [0.4, 0.5) is 23.7 Å². The highest BCUT2D eigenvalue weighted by molar-refractivity contribution is 5.95. The summed E-state index contributed by atoms with van der Waals surface area (Å²) in [4.78, 5) is 22.2. The molecule has 0 aliphatic carbocycles. The quantitative estimate of drug-likeness (QED) is 0.496. The number of rotatable bonds is 5. The molecule has 6 nitrogen and oxygen atoms in total. The van der Waals surface area contributed by atoms with Gasteiger partial charge < -0.3 is 20.8 Å². The number of nitrogens with one attached hydrogen (secondary N) is 2. The molecule has 0 fully saturated rings. The maximum absolute atomic E-state index is 11.9. The number of hydrogen-bond acceptors (Lipinski definition) is 3. The summed E-state index contributed by atoms with van der Waals surface area (Å²) in [6.07, 6.45) is -5.53. The van der Waals surface area contributed by atoms with Gasteiger partial charge in [-0.05, 0) is 24.6 Å². The summed E-state index contributed by atoms with van der Waals surface area (Å²) in [6, 6.07) is 2.62. The molecule has 21 heavy (non-hydrogen) atoms. The van der Waals surface area contributed by atoms with E-state index >= 15 is 0 Å². The summed E-state index contributed by atoms with van der Waals surface area (Å²) in [5, 5.41) is 22.5. The van der Waals surface area contributed by atoms with Crippen LogP contribution in [-0.4, -0.2) is 34.9 Å². The molecule has 0 radical (unpaired) electrons. The Hall–Kier alpha value is -2.45. The lowest BCUT2D eigenvalue weighted by Gasteiger charge is -2.09. The van der Waals surface area contributed by atoms with Crippen molar-refractivity contribution in [3.63, 3.8) is 0 Å². The van der Waals surface area contributed by atoms with Gasteiger partial charge >= 0.3 is 18.2 Å². The maximum atomic E-state index is 11.9. The molecule has 0 bridgehead atoms. The maximum Gasteiger partial charge on any atom is 0.389 e.